The Morgan fingerprint density at radius 3 is 2.80 bits per heavy atom. The molecule has 2 heterocycles. The third-order valence-electron chi connectivity index (χ3n) is 3.19. The van der Waals surface area contributed by atoms with Crippen molar-refractivity contribution in [1.29, 1.82) is 0 Å². The van der Waals surface area contributed by atoms with Crippen LogP contribution in [0.3, 0.4) is 0 Å². The van der Waals surface area contributed by atoms with E-state index in [0.717, 1.165) is 12.0 Å². The second kappa shape index (κ2) is 2.54. The topological polar surface area (TPSA) is 3.24 Å². The molecule has 2 aliphatic rings. The minimum atomic E-state index is 0.966. The minimum absolute atomic E-state index is 0.966. The van der Waals surface area contributed by atoms with Crippen molar-refractivity contribution in [3.05, 3.63) is 0 Å². The van der Waals surface area contributed by atoms with E-state index in [4.69, 9.17) is 0 Å². The van der Waals surface area contributed by atoms with Crippen molar-refractivity contribution in [2.45, 2.75) is 38.6 Å². The Labute approximate surface area is 63.4 Å². The Morgan fingerprint density at radius 2 is 2.00 bits per heavy atom. The number of hydrogen-bond donors (Lipinski definition) is 0. The van der Waals surface area contributed by atoms with Crippen LogP contribution < -0.4 is 0 Å². The summed E-state index contributed by atoms with van der Waals surface area (Å²) in [5.41, 5.74) is 0. The first-order valence-corrected chi connectivity index (χ1v) is 4.62. The maximum Gasteiger partial charge on any atom is 0.0121 e. The van der Waals surface area contributed by atoms with Gasteiger partial charge in [0.05, 0.1) is 0 Å². The summed E-state index contributed by atoms with van der Waals surface area (Å²) in [5, 5.41) is 0. The lowest BCUT2D eigenvalue weighted by atomic mass is 9.95. The molecule has 2 unspecified atom stereocenters. The fraction of sp³-hybridized carbons (Fsp3) is 1.00. The molecule has 2 aliphatic heterocycles. The lowest BCUT2D eigenvalue weighted by Crippen LogP contribution is -2.36. The van der Waals surface area contributed by atoms with Crippen molar-refractivity contribution < 1.29 is 0 Å². The number of nitrogens with zero attached hydrogens (tertiary/aromatic N) is 1. The Morgan fingerprint density at radius 1 is 1.10 bits per heavy atom. The second-order valence-electron chi connectivity index (χ2n) is 3.87. The van der Waals surface area contributed by atoms with E-state index >= 15 is 0 Å². The molecule has 2 atom stereocenters. The van der Waals surface area contributed by atoms with Gasteiger partial charge in [0, 0.05) is 6.04 Å². The Kier molecular flexibility index (Phi) is 1.69. The molecule has 0 saturated carbocycles. The average molecular weight is 139 g/mol. The molecule has 0 aromatic carbocycles. The summed E-state index contributed by atoms with van der Waals surface area (Å²) in [6, 6.07) is 0.966. The largest absolute Gasteiger partial charge is 0.300 e. The van der Waals surface area contributed by atoms with E-state index in [1.165, 1.54) is 38.8 Å². The monoisotopic (exact) mass is 139 g/mol. The third-order valence-corrected chi connectivity index (χ3v) is 3.19. The molecular weight excluding hydrogens is 122 g/mol. The molecule has 0 aromatic rings. The second-order valence-corrected chi connectivity index (χ2v) is 3.87. The molecule has 2 rings (SSSR count). The number of rotatable bonds is 0. The van der Waals surface area contributed by atoms with E-state index in [2.05, 4.69) is 11.8 Å². The highest BCUT2D eigenvalue weighted by Crippen LogP contribution is 2.30. The van der Waals surface area contributed by atoms with Crippen LogP contribution in [0.15, 0.2) is 0 Å². The summed E-state index contributed by atoms with van der Waals surface area (Å²) in [4.78, 5) is 2.69. The highest BCUT2D eigenvalue weighted by atomic mass is 15.2. The van der Waals surface area contributed by atoms with Crippen LogP contribution in [0.1, 0.15) is 32.6 Å². The van der Waals surface area contributed by atoms with Gasteiger partial charge in [-0.25, -0.2) is 0 Å². The predicted molar refractivity (Wildman–Crippen MR) is 43.0 cm³/mol. The molecule has 0 spiro atoms. The van der Waals surface area contributed by atoms with Crippen molar-refractivity contribution in [2.75, 3.05) is 13.1 Å². The third kappa shape index (κ3) is 0.968. The molecule has 0 radical (unpaired) electrons. The van der Waals surface area contributed by atoms with Crippen molar-refractivity contribution in [3.8, 4) is 0 Å². The normalized spacial score (nSPS) is 41.7. The molecule has 58 valence electrons. The summed E-state index contributed by atoms with van der Waals surface area (Å²) in [6.07, 6.45) is 5.85. The first-order valence-electron chi connectivity index (χ1n) is 4.62. The standard InChI is InChI=1S/C9H17N/c1-8-5-7-10-6-3-2-4-9(8)10/h8-9H,2-7H2,1H3. The van der Waals surface area contributed by atoms with Gasteiger partial charge in [0.1, 0.15) is 0 Å². The molecular formula is C9H17N. The van der Waals surface area contributed by atoms with Crippen LogP contribution >= 0.6 is 0 Å². The van der Waals surface area contributed by atoms with E-state index in [9.17, 15) is 0 Å². The van der Waals surface area contributed by atoms with Gasteiger partial charge in [-0.15, -0.1) is 0 Å². The van der Waals surface area contributed by atoms with Gasteiger partial charge in [0.2, 0.25) is 0 Å². The first kappa shape index (κ1) is 6.66. The zero-order valence-corrected chi connectivity index (χ0v) is 6.84. The van der Waals surface area contributed by atoms with Crippen LogP contribution in [0.2, 0.25) is 0 Å². The molecule has 0 aliphatic carbocycles. The van der Waals surface area contributed by atoms with Gasteiger partial charge in [-0.2, -0.15) is 0 Å². The smallest absolute Gasteiger partial charge is 0.0121 e. The Hall–Kier alpha value is -0.0400. The summed E-state index contributed by atoms with van der Waals surface area (Å²) in [7, 11) is 0. The van der Waals surface area contributed by atoms with Crippen LogP contribution in [0.5, 0.6) is 0 Å². The van der Waals surface area contributed by atoms with E-state index in [1.807, 2.05) is 0 Å². The number of fused-ring (bicyclic) bond motifs is 1. The Bertz CT molecular complexity index is 120. The molecule has 0 N–H and O–H groups in total. The summed E-state index contributed by atoms with van der Waals surface area (Å²) >= 11 is 0. The summed E-state index contributed by atoms with van der Waals surface area (Å²) < 4.78 is 0. The number of hydrogen-bond acceptors (Lipinski definition) is 1. The van der Waals surface area contributed by atoms with Crippen LogP contribution in [0, 0.1) is 5.92 Å². The molecule has 2 saturated heterocycles. The van der Waals surface area contributed by atoms with E-state index in [1.54, 1.807) is 0 Å². The van der Waals surface area contributed by atoms with Gasteiger partial charge >= 0.3 is 0 Å². The first-order chi connectivity index (χ1) is 4.88. The van der Waals surface area contributed by atoms with Crippen molar-refractivity contribution in [3.63, 3.8) is 0 Å². The molecule has 0 aromatic heterocycles. The fourth-order valence-corrected chi connectivity index (χ4v) is 2.50. The molecule has 0 bridgehead atoms. The molecule has 1 nitrogen and oxygen atoms in total. The van der Waals surface area contributed by atoms with E-state index < -0.39 is 0 Å². The van der Waals surface area contributed by atoms with Crippen LogP contribution in [-0.2, 0) is 0 Å². The zero-order chi connectivity index (χ0) is 6.97. The van der Waals surface area contributed by atoms with Crippen LogP contribution in [0.4, 0.5) is 0 Å². The summed E-state index contributed by atoms with van der Waals surface area (Å²) in [6.45, 7) is 5.18. The summed E-state index contributed by atoms with van der Waals surface area (Å²) in [5.74, 6) is 0.986. The highest BCUT2D eigenvalue weighted by Gasteiger charge is 2.32. The predicted octanol–water partition coefficient (Wildman–Crippen LogP) is 1.88. The zero-order valence-electron chi connectivity index (χ0n) is 6.84. The Balaban J connectivity index is 2.01. The maximum atomic E-state index is 2.69. The van der Waals surface area contributed by atoms with Gasteiger partial charge in [0.15, 0.2) is 0 Å². The minimum Gasteiger partial charge on any atom is -0.300 e. The average Bonchev–Trinajstić information content (AvgIpc) is 2.34. The van der Waals surface area contributed by atoms with Crippen LogP contribution in [-0.4, -0.2) is 24.0 Å². The van der Waals surface area contributed by atoms with Gasteiger partial charge < -0.3 is 4.90 Å². The van der Waals surface area contributed by atoms with E-state index in [0.29, 0.717) is 0 Å². The molecule has 0 amide bonds. The molecule has 1 heteroatoms. The fourth-order valence-electron chi connectivity index (χ4n) is 2.50. The van der Waals surface area contributed by atoms with Gasteiger partial charge in [-0.3, -0.25) is 0 Å². The maximum absolute atomic E-state index is 2.69. The van der Waals surface area contributed by atoms with Gasteiger partial charge in [-0.05, 0) is 38.3 Å². The van der Waals surface area contributed by atoms with Gasteiger partial charge in [0.25, 0.3) is 0 Å². The quantitative estimate of drug-likeness (QED) is 0.495. The number of piperidine rings is 1. The lowest BCUT2D eigenvalue weighted by molar-refractivity contribution is 0.177. The van der Waals surface area contributed by atoms with Gasteiger partial charge in [-0.1, -0.05) is 13.3 Å². The van der Waals surface area contributed by atoms with Crippen molar-refractivity contribution >= 4 is 0 Å². The van der Waals surface area contributed by atoms with Crippen molar-refractivity contribution in [2.24, 2.45) is 5.92 Å². The van der Waals surface area contributed by atoms with Crippen LogP contribution in [0.25, 0.3) is 0 Å². The lowest BCUT2D eigenvalue weighted by Gasteiger charge is -2.31. The molecule has 10 heavy (non-hydrogen) atoms. The SMILES string of the molecule is CC1CCN2CCCCC12. The highest BCUT2D eigenvalue weighted by molar-refractivity contribution is 4.86. The van der Waals surface area contributed by atoms with E-state index in [-0.39, 0.29) is 0 Å². The van der Waals surface area contributed by atoms with Crippen molar-refractivity contribution in [1.82, 2.24) is 4.90 Å². The molecule has 2 fully saturated rings.